The first-order chi connectivity index (χ1) is 22.9. The summed E-state index contributed by atoms with van der Waals surface area (Å²) < 4.78 is 18.4. The zero-order valence-corrected chi connectivity index (χ0v) is 28.0. The van der Waals surface area contributed by atoms with Gasteiger partial charge in [-0.25, -0.2) is 4.79 Å². The molecule has 0 bridgehead atoms. The molecule has 0 amide bonds. The maximum Gasteiger partial charge on any atom is 0.338 e. The minimum atomic E-state index is -0.373. The smallest absolute Gasteiger partial charge is 0.338 e. The van der Waals surface area contributed by atoms with Crippen LogP contribution < -0.4 is 19.3 Å². The Hall–Kier alpha value is -5.23. The van der Waals surface area contributed by atoms with E-state index in [9.17, 15) is 4.79 Å². The number of methoxy groups -OCH3 is 1. The van der Waals surface area contributed by atoms with Crippen LogP contribution in [-0.4, -0.2) is 32.8 Å². The summed E-state index contributed by atoms with van der Waals surface area (Å²) in [5.74, 6) is 1.48. The number of ether oxygens (including phenoxy) is 3. The standard InChI is InChI=1S/C41H42N2O4/c1-7-42(8-2)31-22-23-34-37(24-31)47-38-26-39(46-9-3)36(25-35(38)40(34)32-12-10-11-13-33(32)41(44)45-6)43(29-18-14-27(4)15-19-29)30-20-16-28(5)17-21-30/h10-26,40H,7-9H2,1-6H3. The third-order valence-electron chi connectivity index (χ3n) is 8.86. The van der Waals surface area contributed by atoms with E-state index in [-0.39, 0.29) is 11.9 Å². The number of carbonyl (C=O) groups excluding carboxylic acids is 1. The summed E-state index contributed by atoms with van der Waals surface area (Å²) in [6.45, 7) is 12.7. The van der Waals surface area contributed by atoms with E-state index in [1.165, 1.54) is 18.2 Å². The number of anilines is 4. The van der Waals surface area contributed by atoms with Crippen molar-refractivity contribution in [1.82, 2.24) is 0 Å². The minimum Gasteiger partial charge on any atom is -0.492 e. The van der Waals surface area contributed by atoms with Gasteiger partial charge < -0.3 is 24.0 Å². The normalized spacial score (nSPS) is 13.2. The molecule has 0 radical (unpaired) electrons. The van der Waals surface area contributed by atoms with Crippen molar-refractivity contribution in [3.05, 3.63) is 137 Å². The van der Waals surface area contributed by atoms with Crippen LogP contribution in [0.15, 0.2) is 103 Å². The van der Waals surface area contributed by atoms with Gasteiger partial charge in [0.15, 0.2) is 0 Å². The molecule has 0 spiro atoms. The molecule has 1 aliphatic rings. The van der Waals surface area contributed by atoms with Crippen LogP contribution in [0.3, 0.4) is 0 Å². The zero-order valence-electron chi connectivity index (χ0n) is 28.0. The molecule has 1 aliphatic heterocycles. The molecule has 240 valence electrons. The largest absolute Gasteiger partial charge is 0.492 e. The van der Waals surface area contributed by atoms with Gasteiger partial charge in [-0.2, -0.15) is 0 Å². The van der Waals surface area contributed by atoms with Crippen molar-refractivity contribution >= 4 is 28.7 Å². The minimum absolute atomic E-state index is 0.304. The molecule has 6 rings (SSSR count). The Morgan fingerprint density at radius 2 is 1.30 bits per heavy atom. The van der Waals surface area contributed by atoms with E-state index in [1.54, 1.807) is 0 Å². The van der Waals surface area contributed by atoms with Crippen molar-refractivity contribution in [2.24, 2.45) is 0 Å². The molecule has 1 heterocycles. The molecule has 6 heteroatoms. The molecule has 0 N–H and O–H groups in total. The van der Waals surface area contributed by atoms with Crippen LogP contribution in [0.25, 0.3) is 0 Å². The quantitative estimate of drug-likeness (QED) is 0.141. The molecule has 0 saturated carbocycles. The third kappa shape index (κ3) is 6.16. The van der Waals surface area contributed by atoms with E-state index in [2.05, 4.69) is 110 Å². The summed E-state index contributed by atoms with van der Waals surface area (Å²) in [7, 11) is 1.43. The lowest BCUT2D eigenvalue weighted by Gasteiger charge is -2.34. The van der Waals surface area contributed by atoms with E-state index >= 15 is 0 Å². The highest BCUT2D eigenvalue weighted by molar-refractivity contribution is 5.92. The van der Waals surface area contributed by atoms with Crippen LogP contribution in [0.4, 0.5) is 22.7 Å². The number of aryl methyl sites for hydroxylation is 2. The maximum absolute atomic E-state index is 13.2. The van der Waals surface area contributed by atoms with Gasteiger partial charge in [0.05, 0.1) is 25.0 Å². The Morgan fingerprint density at radius 1 is 0.702 bits per heavy atom. The van der Waals surface area contributed by atoms with Crippen LogP contribution in [0, 0.1) is 13.8 Å². The molecule has 5 aromatic rings. The van der Waals surface area contributed by atoms with Gasteiger partial charge >= 0.3 is 5.97 Å². The predicted octanol–water partition coefficient (Wildman–Crippen LogP) is 10.1. The second-order valence-electron chi connectivity index (χ2n) is 11.8. The fourth-order valence-electron chi connectivity index (χ4n) is 6.44. The van der Waals surface area contributed by atoms with Gasteiger partial charge in [-0.05, 0) is 82.6 Å². The summed E-state index contributed by atoms with van der Waals surface area (Å²) in [5.41, 5.74) is 9.65. The third-order valence-corrected chi connectivity index (χ3v) is 8.86. The van der Waals surface area contributed by atoms with Gasteiger partial charge in [-0.3, -0.25) is 0 Å². The average Bonchev–Trinajstić information content (AvgIpc) is 3.09. The molecular formula is C41H42N2O4. The second kappa shape index (κ2) is 13.6. The van der Waals surface area contributed by atoms with Crippen LogP contribution in [0.5, 0.6) is 17.2 Å². The van der Waals surface area contributed by atoms with Crippen LogP contribution in [-0.2, 0) is 4.74 Å². The van der Waals surface area contributed by atoms with Crippen molar-refractivity contribution in [2.75, 3.05) is 36.6 Å². The van der Waals surface area contributed by atoms with Gasteiger partial charge in [0.1, 0.15) is 17.2 Å². The SMILES string of the molecule is CCOc1cc2c(cc1N(c1ccc(C)cc1)c1ccc(C)cc1)C(c1ccccc1C(=O)OC)c1ccc(N(CC)CC)cc1O2. The van der Waals surface area contributed by atoms with Crippen LogP contribution >= 0.6 is 0 Å². The molecular weight excluding hydrogens is 584 g/mol. The number of hydrogen-bond donors (Lipinski definition) is 0. The summed E-state index contributed by atoms with van der Waals surface area (Å²) in [4.78, 5) is 17.7. The first-order valence-electron chi connectivity index (χ1n) is 16.3. The molecule has 0 aliphatic carbocycles. The van der Waals surface area contributed by atoms with E-state index < -0.39 is 0 Å². The van der Waals surface area contributed by atoms with Crippen molar-refractivity contribution in [3.8, 4) is 17.2 Å². The van der Waals surface area contributed by atoms with E-state index in [4.69, 9.17) is 14.2 Å². The van der Waals surface area contributed by atoms with E-state index in [1.807, 2.05) is 37.3 Å². The fourth-order valence-corrected chi connectivity index (χ4v) is 6.44. The molecule has 0 saturated heterocycles. The highest BCUT2D eigenvalue weighted by atomic mass is 16.5. The van der Waals surface area contributed by atoms with Gasteiger partial charge in [0, 0.05) is 59.3 Å². The number of rotatable bonds is 10. The number of hydrogen-bond acceptors (Lipinski definition) is 6. The van der Waals surface area contributed by atoms with Crippen LogP contribution in [0.2, 0.25) is 0 Å². The highest BCUT2D eigenvalue weighted by Gasteiger charge is 2.34. The van der Waals surface area contributed by atoms with Gasteiger partial charge in [-0.1, -0.05) is 59.7 Å². The van der Waals surface area contributed by atoms with Gasteiger partial charge in [0.2, 0.25) is 0 Å². The van der Waals surface area contributed by atoms with Crippen molar-refractivity contribution in [3.63, 3.8) is 0 Å². The number of esters is 1. The first kappa shape index (κ1) is 31.7. The molecule has 5 aromatic carbocycles. The molecule has 6 nitrogen and oxygen atoms in total. The topological polar surface area (TPSA) is 51.2 Å². The monoisotopic (exact) mass is 626 g/mol. The first-order valence-corrected chi connectivity index (χ1v) is 16.3. The summed E-state index contributed by atoms with van der Waals surface area (Å²) >= 11 is 0. The summed E-state index contributed by atoms with van der Waals surface area (Å²) in [6.07, 6.45) is 0. The Labute approximate surface area is 278 Å². The molecule has 47 heavy (non-hydrogen) atoms. The molecule has 1 atom stereocenters. The average molecular weight is 627 g/mol. The van der Waals surface area contributed by atoms with Crippen molar-refractivity contribution in [2.45, 2.75) is 40.5 Å². The number of fused-ring (bicyclic) bond motifs is 2. The zero-order chi connectivity index (χ0) is 33.1. The Balaban J connectivity index is 1.63. The van der Waals surface area contributed by atoms with Gasteiger partial charge in [0.25, 0.3) is 0 Å². The second-order valence-corrected chi connectivity index (χ2v) is 11.8. The fraction of sp³-hybridized carbons (Fsp3) is 0.244. The maximum atomic E-state index is 13.2. The lowest BCUT2D eigenvalue weighted by molar-refractivity contribution is 0.0599. The Bertz CT molecular complexity index is 1830. The van der Waals surface area contributed by atoms with E-state index in [0.29, 0.717) is 23.7 Å². The molecule has 0 aromatic heterocycles. The van der Waals surface area contributed by atoms with Crippen molar-refractivity contribution in [1.29, 1.82) is 0 Å². The Kier molecular flexibility index (Phi) is 9.21. The molecule has 0 fully saturated rings. The highest BCUT2D eigenvalue weighted by Crippen LogP contribution is 2.53. The summed E-state index contributed by atoms with van der Waals surface area (Å²) in [6, 6.07) is 35.3. The van der Waals surface area contributed by atoms with E-state index in [0.717, 1.165) is 58.3 Å². The summed E-state index contributed by atoms with van der Waals surface area (Å²) in [5, 5.41) is 0. The number of nitrogens with zero attached hydrogens (tertiary/aromatic N) is 2. The van der Waals surface area contributed by atoms with Crippen molar-refractivity contribution < 1.29 is 19.0 Å². The lowest BCUT2D eigenvalue weighted by atomic mass is 9.80. The van der Waals surface area contributed by atoms with Crippen LogP contribution in [0.1, 0.15) is 64.9 Å². The molecule has 1 unspecified atom stereocenters. The number of carbonyl (C=O) groups is 1. The van der Waals surface area contributed by atoms with Gasteiger partial charge in [-0.15, -0.1) is 0 Å². The predicted molar refractivity (Wildman–Crippen MR) is 191 cm³/mol. The lowest BCUT2D eigenvalue weighted by Crippen LogP contribution is -2.22. The number of benzene rings is 5. The Morgan fingerprint density at radius 3 is 1.89 bits per heavy atom.